The molecule has 1 aromatic carbocycles. The van der Waals surface area contributed by atoms with Crippen molar-refractivity contribution in [3.05, 3.63) is 29.3 Å². The Balaban J connectivity index is 2.49. The molecule has 0 saturated carbocycles. The zero-order chi connectivity index (χ0) is 24.5. The minimum absolute atomic E-state index is 0.541. The van der Waals surface area contributed by atoms with Crippen molar-refractivity contribution in [3.63, 3.8) is 0 Å². The first-order chi connectivity index (χ1) is 15.4. The van der Waals surface area contributed by atoms with Gasteiger partial charge >= 0.3 is 0 Å². The van der Waals surface area contributed by atoms with Gasteiger partial charge in [0, 0.05) is 61.6 Å². The first-order valence-electron chi connectivity index (χ1n) is 12.9. The van der Waals surface area contributed by atoms with Crippen molar-refractivity contribution >= 4 is 66.3 Å². The van der Waals surface area contributed by atoms with Crippen LogP contribution in [0.3, 0.4) is 0 Å². The number of hydrogen-bond donors (Lipinski definition) is 0. The average molecular weight is 499 g/mol. The molecule has 0 nitrogen and oxygen atoms in total. The first-order valence-corrected chi connectivity index (χ1v) is 15.3. The molecule has 0 fully saturated rings. The SMILES string of the molecule is CC(C)c1sc(C(C)C)c2c1c1c(C(C)C)sc(C(C)C)c1c1c(C(C)C)sc(C(C)C)c21. The third-order valence-corrected chi connectivity index (χ3v) is 12.2. The molecule has 3 aromatic heterocycles. The Morgan fingerprint density at radius 1 is 0.273 bits per heavy atom. The summed E-state index contributed by atoms with van der Waals surface area (Å²) in [4.78, 5) is 9.60. The Hall–Kier alpha value is -0.900. The summed E-state index contributed by atoms with van der Waals surface area (Å²) < 4.78 is 0. The molecule has 0 radical (unpaired) electrons. The Morgan fingerprint density at radius 3 is 0.485 bits per heavy atom. The third-order valence-electron chi connectivity index (χ3n) is 6.78. The topological polar surface area (TPSA) is 0 Å². The molecule has 0 saturated heterocycles. The molecule has 4 aromatic rings. The van der Waals surface area contributed by atoms with Gasteiger partial charge in [-0.05, 0) is 35.5 Å². The molecule has 4 rings (SSSR count). The highest BCUT2D eigenvalue weighted by atomic mass is 32.1. The second-order valence-electron chi connectivity index (χ2n) is 11.7. The molecule has 0 aliphatic heterocycles. The minimum Gasteiger partial charge on any atom is -0.144 e. The molecule has 0 unspecified atom stereocenters. The zero-order valence-corrected chi connectivity index (χ0v) is 25.1. The van der Waals surface area contributed by atoms with Crippen molar-refractivity contribution in [1.29, 1.82) is 0 Å². The van der Waals surface area contributed by atoms with Crippen LogP contribution in [0.25, 0.3) is 32.3 Å². The summed E-state index contributed by atoms with van der Waals surface area (Å²) in [6.45, 7) is 28.7. The molecular weight excluding hydrogens is 457 g/mol. The van der Waals surface area contributed by atoms with Crippen LogP contribution in [-0.2, 0) is 0 Å². The first kappa shape index (κ1) is 25.2. The molecule has 180 valence electrons. The van der Waals surface area contributed by atoms with E-state index < -0.39 is 0 Å². The standard InChI is InChI=1S/C30H42S3/c1-13(2)25-19-20(26(31-25)14(3)4)22-24(30(18(11)12)33-28(22)16(7)8)23-21(19)27(15(5)6)32-29(23)17(9)10/h13-18H,1-12H3. The molecule has 3 heteroatoms. The number of fused-ring (bicyclic) bond motifs is 6. The van der Waals surface area contributed by atoms with Gasteiger partial charge in [-0.3, -0.25) is 0 Å². The van der Waals surface area contributed by atoms with Crippen molar-refractivity contribution in [2.24, 2.45) is 0 Å². The van der Waals surface area contributed by atoms with Crippen LogP contribution in [0.4, 0.5) is 0 Å². The van der Waals surface area contributed by atoms with E-state index in [2.05, 4.69) is 117 Å². The van der Waals surface area contributed by atoms with E-state index in [-0.39, 0.29) is 0 Å². The van der Waals surface area contributed by atoms with Gasteiger partial charge in [-0.2, -0.15) is 0 Å². The predicted molar refractivity (Wildman–Crippen MR) is 157 cm³/mol. The lowest BCUT2D eigenvalue weighted by Gasteiger charge is -2.14. The summed E-state index contributed by atoms with van der Waals surface area (Å²) in [6.07, 6.45) is 0. The Bertz CT molecular complexity index is 1030. The summed E-state index contributed by atoms with van der Waals surface area (Å²) in [5.41, 5.74) is 0. The van der Waals surface area contributed by atoms with Gasteiger partial charge < -0.3 is 0 Å². The molecule has 0 bridgehead atoms. The van der Waals surface area contributed by atoms with E-state index in [0.29, 0.717) is 35.5 Å². The van der Waals surface area contributed by atoms with Crippen LogP contribution < -0.4 is 0 Å². The summed E-state index contributed by atoms with van der Waals surface area (Å²) in [6, 6.07) is 0. The number of benzene rings is 1. The quantitative estimate of drug-likeness (QED) is 0.248. The number of rotatable bonds is 6. The van der Waals surface area contributed by atoms with Crippen LogP contribution in [0.5, 0.6) is 0 Å². The van der Waals surface area contributed by atoms with E-state index in [1.54, 1.807) is 61.6 Å². The second kappa shape index (κ2) is 8.95. The van der Waals surface area contributed by atoms with Gasteiger partial charge in [-0.15, -0.1) is 34.0 Å². The molecular formula is C30H42S3. The van der Waals surface area contributed by atoms with Crippen molar-refractivity contribution in [2.45, 2.75) is 119 Å². The smallest absolute Gasteiger partial charge is 0.0159 e. The van der Waals surface area contributed by atoms with Crippen LogP contribution >= 0.6 is 34.0 Å². The number of hydrogen-bond acceptors (Lipinski definition) is 3. The third kappa shape index (κ3) is 3.81. The van der Waals surface area contributed by atoms with Crippen LogP contribution in [-0.4, -0.2) is 0 Å². The summed E-state index contributed by atoms with van der Waals surface area (Å²) in [5.74, 6) is 3.24. The summed E-state index contributed by atoms with van der Waals surface area (Å²) >= 11 is 6.31. The lowest BCUT2D eigenvalue weighted by Crippen LogP contribution is -1.92. The molecule has 0 N–H and O–H groups in total. The van der Waals surface area contributed by atoms with E-state index >= 15 is 0 Å². The van der Waals surface area contributed by atoms with Gasteiger partial charge in [0.2, 0.25) is 0 Å². The Labute approximate surface area is 213 Å². The van der Waals surface area contributed by atoms with Gasteiger partial charge in [0.15, 0.2) is 0 Å². The van der Waals surface area contributed by atoms with Crippen molar-refractivity contribution < 1.29 is 0 Å². The minimum atomic E-state index is 0.541. The van der Waals surface area contributed by atoms with Gasteiger partial charge in [0.1, 0.15) is 0 Å². The van der Waals surface area contributed by atoms with E-state index in [1.165, 1.54) is 0 Å². The van der Waals surface area contributed by atoms with Gasteiger partial charge in [-0.25, -0.2) is 0 Å². The van der Waals surface area contributed by atoms with Crippen LogP contribution in [0.1, 0.15) is 148 Å². The molecule has 0 spiro atoms. The molecule has 0 aliphatic carbocycles. The fraction of sp³-hybridized carbons (Fsp3) is 0.600. The van der Waals surface area contributed by atoms with Crippen molar-refractivity contribution in [1.82, 2.24) is 0 Å². The molecule has 3 heterocycles. The highest BCUT2D eigenvalue weighted by Crippen LogP contribution is 2.56. The summed E-state index contributed by atoms with van der Waals surface area (Å²) in [7, 11) is 0. The van der Waals surface area contributed by atoms with Crippen molar-refractivity contribution in [3.8, 4) is 0 Å². The maximum absolute atomic E-state index is 2.40. The predicted octanol–water partition coefficient (Wildman–Crippen LogP) is 12.1. The Kier molecular flexibility index (Phi) is 6.84. The van der Waals surface area contributed by atoms with Gasteiger partial charge in [0.25, 0.3) is 0 Å². The van der Waals surface area contributed by atoms with Crippen LogP contribution in [0.2, 0.25) is 0 Å². The highest BCUT2D eigenvalue weighted by Gasteiger charge is 2.31. The lowest BCUT2D eigenvalue weighted by atomic mass is 9.87. The molecule has 33 heavy (non-hydrogen) atoms. The molecule has 0 aliphatic rings. The zero-order valence-electron chi connectivity index (χ0n) is 22.7. The van der Waals surface area contributed by atoms with Crippen LogP contribution in [0.15, 0.2) is 0 Å². The Morgan fingerprint density at radius 2 is 0.394 bits per heavy atom. The average Bonchev–Trinajstić information content (AvgIpc) is 3.37. The molecule has 0 amide bonds. The number of thiophene rings is 3. The molecule has 0 atom stereocenters. The normalized spacial score (nSPS) is 13.3. The summed E-state index contributed by atoms with van der Waals surface area (Å²) in [5, 5.41) is 9.60. The van der Waals surface area contributed by atoms with E-state index in [9.17, 15) is 0 Å². The monoisotopic (exact) mass is 498 g/mol. The van der Waals surface area contributed by atoms with E-state index in [0.717, 1.165) is 0 Å². The van der Waals surface area contributed by atoms with E-state index in [4.69, 9.17) is 0 Å². The van der Waals surface area contributed by atoms with E-state index in [1.807, 2.05) is 0 Å². The second-order valence-corrected chi connectivity index (χ2v) is 14.9. The van der Waals surface area contributed by atoms with Crippen LogP contribution in [0, 0.1) is 0 Å². The van der Waals surface area contributed by atoms with Crippen molar-refractivity contribution in [2.75, 3.05) is 0 Å². The van der Waals surface area contributed by atoms with Gasteiger partial charge in [0.05, 0.1) is 0 Å². The largest absolute Gasteiger partial charge is 0.144 e. The fourth-order valence-corrected chi connectivity index (χ4v) is 9.29. The fourth-order valence-electron chi connectivity index (χ4n) is 5.33. The lowest BCUT2D eigenvalue weighted by molar-refractivity contribution is 0.890. The maximum atomic E-state index is 2.40. The van der Waals surface area contributed by atoms with Gasteiger partial charge in [-0.1, -0.05) is 83.1 Å². The highest BCUT2D eigenvalue weighted by molar-refractivity contribution is 7.17. The maximum Gasteiger partial charge on any atom is 0.0159 e.